The second kappa shape index (κ2) is 8.85. The minimum absolute atomic E-state index is 0.224. The first-order valence-electron chi connectivity index (χ1n) is 7.22. The third-order valence-electron chi connectivity index (χ3n) is 2.91. The normalized spacial score (nSPS) is 12.2. The monoisotopic (exact) mass is 334 g/mol. The van der Waals surface area contributed by atoms with E-state index in [1.165, 1.54) is 11.3 Å². The number of unbranched alkanes of at least 4 members (excludes halogenated alkanes) is 1. The molecule has 0 saturated carbocycles. The van der Waals surface area contributed by atoms with Gasteiger partial charge in [0, 0.05) is 24.6 Å². The molecule has 0 fully saturated rings. The highest BCUT2D eigenvalue weighted by Gasteiger charge is 2.18. The van der Waals surface area contributed by atoms with Gasteiger partial charge in [-0.2, -0.15) is 0 Å². The van der Waals surface area contributed by atoms with Crippen LogP contribution in [0.2, 0.25) is 0 Å². The van der Waals surface area contributed by atoms with E-state index in [0.717, 1.165) is 23.3 Å². The average molecular weight is 335 g/mol. The van der Waals surface area contributed by atoms with E-state index in [1.807, 2.05) is 27.8 Å². The van der Waals surface area contributed by atoms with Crippen molar-refractivity contribution in [3.05, 3.63) is 16.5 Å². The highest BCUT2D eigenvalue weighted by atomic mass is 32.2. The molecule has 0 saturated heterocycles. The SMILES string of the molecule is CNCc1sc(S(=O)(=O)NCCCCOC(C)C)cc1C. The fourth-order valence-corrected chi connectivity index (χ4v) is 4.50. The van der Waals surface area contributed by atoms with Crippen molar-refractivity contribution in [2.45, 2.75) is 50.5 Å². The van der Waals surface area contributed by atoms with E-state index in [1.54, 1.807) is 6.07 Å². The lowest BCUT2D eigenvalue weighted by Crippen LogP contribution is -2.24. The Balaban J connectivity index is 2.44. The second-order valence-electron chi connectivity index (χ2n) is 5.23. The summed E-state index contributed by atoms with van der Waals surface area (Å²) in [6.45, 7) is 7.73. The van der Waals surface area contributed by atoms with Crippen molar-refractivity contribution in [3.63, 3.8) is 0 Å². The number of hydrogen-bond donors (Lipinski definition) is 2. The molecule has 7 heteroatoms. The van der Waals surface area contributed by atoms with Crippen LogP contribution in [0.3, 0.4) is 0 Å². The van der Waals surface area contributed by atoms with Crippen molar-refractivity contribution < 1.29 is 13.2 Å². The summed E-state index contributed by atoms with van der Waals surface area (Å²) in [4.78, 5) is 1.06. The lowest BCUT2D eigenvalue weighted by Gasteiger charge is -2.07. The quantitative estimate of drug-likeness (QED) is 0.644. The number of nitrogens with one attached hydrogen (secondary N) is 2. The molecule has 122 valence electrons. The lowest BCUT2D eigenvalue weighted by molar-refractivity contribution is 0.0762. The van der Waals surface area contributed by atoms with Gasteiger partial charge in [-0.15, -0.1) is 11.3 Å². The molecule has 1 aromatic rings. The first kappa shape index (κ1) is 18.6. The van der Waals surface area contributed by atoms with E-state index in [-0.39, 0.29) is 6.10 Å². The fraction of sp³-hybridized carbons (Fsp3) is 0.714. The lowest BCUT2D eigenvalue weighted by atomic mass is 10.3. The summed E-state index contributed by atoms with van der Waals surface area (Å²) in [6, 6.07) is 1.74. The summed E-state index contributed by atoms with van der Waals surface area (Å²) in [5.41, 5.74) is 1.01. The van der Waals surface area contributed by atoms with Gasteiger partial charge in [-0.25, -0.2) is 13.1 Å². The van der Waals surface area contributed by atoms with Crippen molar-refractivity contribution in [3.8, 4) is 0 Å². The molecule has 0 unspecified atom stereocenters. The van der Waals surface area contributed by atoms with Gasteiger partial charge in [-0.1, -0.05) is 0 Å². The maximum absolute atomic E-state index is 12.2. The number of thiophene rings is 1. The van der Waals surface area contributed by atoms with Crippen LogP contribution >= 0.6 is 11.3 Å². The third-order valence-corrected chi connectivity index (χ3v) is 6.09. The van der Waals surface area contributed by atoms with Gasteiger partial charge in [-0.3, -0.25) is 0 Å². The standard InChI is InChI=1S/C14H26N2O3S2/c1-11(2)19-8-6-5-7-16-21(17,18)14-9-12(3)13(20-14)10-15-4/h9,11,15-16H,5-8,10H2,1-4H3. The van der Waals surface area contributed by atoms with Gasteiger partial charge in [-0.05, 0) is 52.3 Å². The summed E-state index contributed by atoms with van der Waals surface area (Å²) in [5.74, 6) is 0. The molecule has 2 N–H and O–H groups in total. The van der Waals surface area contributed by atoms with E-state index in [4.69, 9.17) is 4.74 Å². The van der Waals surface area contributed by atoms with E-state index >= 15 is 0 Å². The summed E-state index contributed by atoms with van der Waals surface area (Å²) >= 11 is 1.33. The molecule has 5 nitrogen and oxygen atoms in total. The molecular weight excluding hydrogens is 308 g/mol. The smallest absolute Gasteiger partial charge is 0.250 e. The fourth-order valence-electron chi connectivity index (χ4n) is 1.78. The van der Waals surface area contributed by atoms with Crippen LogP contribution in [0.4, 0.5) is 0 Å². The van der Waals surface area contributed by atoms with Crippen molar-refractivity contribution in [2.24, 2.45) is 0 Å². The number of rotatable bonds is 10. The Morgan fingerprint density at radius 1 is 1.33 bits per heavy atom. The highest BCUT2D eigenvalue weighted by Crippen LogP contribution is 2.25. The van der Waals surface area contributed by atoms with Gasteiger partial charge in [0.2, 0.25) is 10.0 Å². The van der Waals surface area contributed by atoms with Gasteiger partial charge in [0.25, 0.3) is 0 Å². The summed E-state index contributed by atoms with van der Waals surface area (Å²) in [7, 11) is -1.53. The van der Waals surface area contributed by atoms with Gasteiger partial charge in [0.15, 0.2) is 0 Å². The number of sulfonamides is 1. The Bertz CT molecular complexity index is 524. The number of ether oxygens (including phenoxy) is 1. The highest BCUT2D eigenvalue weighted by molar-refractivity contribution is 7.91. The van der Waals surface area contributed by atoms with Crippen LogP contribution in [0.15, 0.2) is 10.3 Å². The number of hydrogen-bond acceptors (Lipinski definition) is 5. The van der Waals surface area contributed by atoms with Crippen LogP contribution in [-0.2, 0) is 21.3 Å². The summed E-state index contributed by atoms with van der Waals surface area (Å²) in [5, 5.41) is 3.05. The minimum Gasteiger partial charge on any atom is -0.379 e. The molecule has 21 heavy (non-hydrogen) atoms. The topological polar surface area (TPSA) is 67.4 Å². The molecule has 0 aromatic carbocycles. The van der Waals surface area contributed by atoms with Crippen LogP contribution in [0.5, 0.6) is 0 Å². The summed E-state index contributed by atoms with van der Waals surface area (Å²) < 4.78 is 32.8. The van der Waals surface area contributed by atoms with Gasteiger partial charge < -0.3 is 10.1 Å². The van der Waals surface area contributed by atoms with Crippen molar-refractivity contribution in [1.29, 1.82) is 0 Å². The Hall–Kier alpha value is -0.470. The van der Waals surface area contributed by atoms with E-state index in [0.29, 0.717) is 23.9 Å². The van der Waals surface area contributed by atoms with E-state index in [2.05, 4.69) is 10.0 Å². The zero-order chi connectivity index (χ0) is 15.9. The molecule has 0 bridgehead atoms. The average Bonchev–Trinajstić information content (AvgIpc) is 2.76. The molecule has 0 spiro atoms. The molecule has 0 aliphatic rings. The van der Waals surface area contributed by atoms with Crippen LogP contribution in [0.1, 0.15) is 37.1 Å². The predicted octanol–water partition coefficient (Wildman–Crippen LogP) is 2.26. The molecule has 0 radical (unpaired) electrons. The third kappa shape index (κ3) is 6.44. The van der Waals surface area contributed by atoms with Crippen LogP contribution in [0.25, 0.3) is 0 Å². The number of aryl methyl sites for hydroxylation is 1. The minimum atomic E-state index is -3.38. The Labute approximate surface area is 132 Å². The molecule has 1 rings (SSSR count). The molecule has 1 aromatic heterocycles. The molecular formula is C14H26N2O3S2. The Morgan fingerprint density at radius 2 is 2.05 bits per heavy atom. The van der Waals surface area contributed by atoms with E-state index < -0.39 is 10.0 Å². The maximum Gasteiger partial charge on any atom is 0.250 e. The molecule has 0 atom stereocenters. The van der Waals surface area contributed by atoms with Gasteiger partial charge >= 0.3 is 0 Å². The van der Waals surface area contributed by atoms with Crippen LogP contribution < -0.4 is 10.0 Å². The van der Waals surface area contributed by atoms with Crippen LogP contribution in [0, 0.1) is 6.92 Å². The summed E-state index contributed by atoms with van der Waals surface area (Å²) in [6.07, 6.45) is 1.86. The molecule has 0 aliphatic heterocycles. The largest absolute Gasteiger partial charge is 0.379 e. The first-order valence-corrected chi connectivity index (χ1v) is 9.52. The van der Waals surface area contributed by atoms with Gasteiger partial charge in [0.1, 0.15) is 4.21 Å². The van der Waals surface area contributed by atoms with Crippen molar-refractivity contribution in [1.82, 2.24) is 10.0 Å². The van der Waals surface area contributed by atoms with Gasteiger partial charge in [0.05, 0.1) is 6.10 Å². The van der Waals surface area contributed by atoms with Crippen molar-refractivity contribution >= 4 is 21.4 Å². The zero-order valence-electron chi connectivity index (χ0n) is 13.2. The van der Waals surface area contributed by atoms with Crippen molar-refractivity contribution in [2.75, 3.05) is 20.2 Å². The maximum atomic E-state index is 12.2. The van der Waals surface area contributed by atoms with E-state index in [9.17, 15) is 8.42 Å². The second-order valence-corrected chi connectivity index (χ2v) is 8.36. The predicted molar refractivity (Wildman–Crippen MR) is 87.3 cm³/mol. The Kier molecular flexibility index (Phi) is 7.83. The Morgan fingerprint density at radius 3 is 2.67 bits per heavy atom. The molecule has 0 aliphatic carbocycles. The zero-order valence-corrected chi connectivity index (χ0v) is 14.9. The molecule has 0 amide bonds. The first-order chi connectivity index (χ1) is 9.86. The molecule has 1 heterocycles. The van der Waals surface area contributed by atoms with Crippen LogP contribution in [-0.4, -0.2) is 34.7 Å².